The Morgan fingerprint density at radius 3 is 2.82 bits per heavy atom. The van der Waals surface area contributed by atoms with Gasteiger partial charge < -0.3 is 10.8 Å². The normalized spacial score (nSPS) is 10.4. The number of nitrogens with zero attached hydrogens (tertiary/aromatic N) is 3. The van der Waals surface area contributed by atoms with Crippen LogP contribution in [-0.2, 0) is 6.54 Å². The fourth-order valence-electron chi connectivity index (χ4n) is 1.52. The van der Waals surface area contributed by atoms with Crippen molar-refractivity contribution >= 4 is 5.91 Å². The van der Waals surface area contributed by atoms with Crippen molar-refractivity contribution in [3.05, 3.63) is 36.2 Å². The van der Waals surface area contributed by atoms with Crippen molar-refractivity contribution in [1.82, 2.24) is 14.8 Å². The average molecular weight is 232 g/mol. The number of pyridine rings is 1. The molecule has 6 nitrogen and oxygen atoms in total. The number of aromatic nitrogens is 3. The van der Waals surface area contributed by atoms with E-state index in [1.54, 1.807) is 24.4 Å². The van der Waals surface area contributed by atoms with Gasteiger partial charge in [-0.3, -0.25) is 14.5 Å². The Morgan fingerprint density at radius 1 is 1.41 bits per heavy atom. The summed E-state index contributed by atoms with van der Waals surface area (Å²) < 4.78 is 1.38. The predicted molar refractivity (Wildman–Crippen MR) is 61.1 cm³/mol. The molecule has 0 spiro atoms. The molecule has 0 saturated carbocycles. The molecule has 6 heteroatoms. The van der Waals surface area contributed by atoms with Crippen LogP contribution in [0.4, 0.5) is 0 Å². The number of amides is 1. The maximum Gasteiger partial charge on any atom is 0.266 e. The number of hydrogen-bond donors (Lipinski definition) is 2. The molecule has 2 aromatic heterocycles. The highest BCUT2D eigenvalue weighted by Crippen LogP contribution is 2.16. The van der Waals surface area contributed by atoms with Gasteiger partial charge in [0.25, 0.3) is 5.91 Å². The Balaban J connectivity index is 2.44. The van der Waals surface area contributed by atoms with Gasteiger partial charge in [-0.1, -0.05) is 6.07 Å². The van der Waals surface area contributed by atoms with Crippen molar-refractivity contribution in [3.63, 3.8) is 0 Å². The Kier molecular flexibility index (Phi) is 3.15. The molecule has 0 radical (unpaired) electrons. The van der Waals surface area contributed by atoms with Crippen LogP contribution in [0.5, 0.6) is 0 Å². The number of primary amides is 1. The van der Waals surface area contributed by atoms with Crippen LogP contribution in [0.25, 0.3) is 11.4 Å². The van der Waals surface area contributed by atoms with E-state index in [0.717, 1.165) is 0 Å². The molecule has 2 heterocycles. The summed E-state index contributed by atoms with van der Waals surface area (Å²) in [6.45, 7) is 0.120. The minimum Gasteiger partial charge on any atom is -0.394 e. The summed E-state index contributed by atoms with van der Waals surface area (Å²) in [6.07, 6.45) is 1.64. The quantitative estimate of drug-likeness (QED) is 0.778. The molecule has 0 bridgehead atoms. The molecule has 0 aromatic carbocycles. The highest BCUT2D eigenvalue weighted by molar-refractivity contribution is 5.92. The third-order valence-electron chi connectivity index (χ3n) is 2.27. The highest BCUT2D eigenvalue weighted by Gasteiger charge is 2.13. The molecule has 17 heavy (non-hydrogen) atoms. The molecule has 0 aliphatic carbocycles. The molecular weight excluding hydrogens is 220 g/mol. The lowest BCUT2D eigenvalue weighted by molar-refractivity contribution is 0.0988. The molecule has 0 atom stereocenters. The molecule has 1 amide bonds. The van der Waals surface area contributed by atoms with Gasteiger partial charge >= 0.3 is 0 Å². The first-order chi connectivity index (χ1) is 8.22. The molecule has 2 rings (SSSR count). The third kappa shape index (κ3) is 2.31. The van der Waals surface area contributed by atoms with E-state index in [9.17, 15) is 4.79 Å². The van der Waals surface area contributed by atoms with E-state index in [-0.39, 0.29) is 18.8 Å². The van der Waals surface area contributed by atoms with Gasteiger partial charge in [0, 0.05) is 6.20 Å². The molecule has 2 aromatic rings. The van der Waals surface area contributed by atoms with E-state index < -0.39 is 5.91 Å². The second kappa shape index (κ2) is 4.75. The fraction of sp³-hybridized carbons (Fsp3) is 0.182. The van der Waals surface area contributed by atoms with Gasteiger partial charge in [-0.15, -0.1) is 0 Å². The van der Waals surface area contributed by atoms with E-state index >= 15 is 0 Å². The molecule has 0 aliphatic rings. The maximum absolute atomic E-state index is 11.2. The molecule has 0 fully saturated rings. The number of nitrogens with two attached hydrogens (primary N) is 1. The van der Waals surface area contributed by atoms with Crippen molar-refractivity contribution < 1.29 is 9.90 Å². The smallest absolute Gasteiger partial charge is 0.266 e. The lowest BCUT2D eigenvalue weighted by Gasteiger charge is -2.00. The van der Waals surface area contributed by atoms with Gasteiger partial charge in [-0.05, 0) is 18.2 Å². The molecule has 0 aliphatic heterocycles. The summed E-state index contributed by atoms with van der Waals surface area (Å²) in [5.74, 6) is -0.576. The van der Waals surface area contributed by atoms with E-state index in [4.69, 9.17) is 10.8 Å². The minimum absolute atomic E-state index is 0.108. The van der Waals surface area contributed by atoms with Gasteiger partial charge in [0.05, 0.1) is 18.8 Å². The van der Waals surface area contributed by atoms with Crippen LogP contribution in [0.2, 0.25) is 0 Å². The first-order valence-electron chi connectivity index (χ1n) is 5.12. The second-order valence-corrected chi connectivity index (χ2v) is 3.44. The van der Waals surface area contributed by atoms with Crippen molar-refractivity contribution in [2.75, 3.05) is 6.61 Å². The fourth-order valence-corrected chi connectivity index (χ4v) is 1.52. The van der Waals surface area contributed by atoms with Crippen LogP contribution < -0.4 is 5.73 Å². The van der Waals surface area contributed by atoms with Crippen LogP contribution in [0.15, 0.2) is 30.5 Å². The summed E-state index contributed by atoms with van der Waals surface area (Å²) in [7, 11) is 0. The Hall–Kier alpha value is -2.21. The van der Waals surface area contributed by atoms with Crippen molar-refractivity contribution in [2.45, 2.75) is 6.54 Å². The van der Waals surface area contributed by atoms with Crippen molar-refractivity contribution in [3.8, 4) is 11.4 Å². The number of rotatable bonds is 4. The SMILES string of the molecule is NC(=O)c1cc(-c2ccccn2)nn1CCO. The number of hydrogen-bond acceptors (Lipinski definition) is 4. The van der Waals surface area contributed by atoms with Crippen LogP contribution >= 0.6 is 0 Å². The summed E-state index contributed by atoms with van der Waals surface area (Å²) in [5, 5.41) is 13.1. The van der Waals surface area contributed by atoms with Crippen LogP contribution in [-0.4, -0.2) is 32.4 Å². The predicted octanol–water partition coefficient (Wildman–Crippen LogP) is 0.0363. The largest absolute Gasteiger partial charge is 0.394 e. The van der Waals surface area contributed by atoms with Gasteiger partial charge in [0.2, 0.25) is 0 Å². The number of carbonyl (C=O) groups is 1. The summed E-state index contributed by atoms with van der Waals surface area (Å²) in [6, 6.07) is 6.98. The first kappa shape index (κ1) is 11.3. The lowest BCUT2D eigenvalue weighted by Crippen LogP contribution is -2.18. The van der Waals surface area contributed by atoms with Crippen molar-refractivity contribution in [2.24, 2.45) is 5.73 Å². The van der Waals surface area contributed by atoms with Gasteiger partial charge in [-0.25, -0.2) is 0 Å². The summed E-state index contributed by atoms with van der Waals surface area (Å²) in [4.78, 5) is 15.3. The zero-order chi connectivity index (χ0) is 12.3. The second-order valence-electron chi connectivity index (χ2n) is 3.44. The van der Waals surface area contributed by atoms with Crippen LogP contribution in [0.1, 0.15) is 10.5 Å². The average Bonchev–Trinajstić information content (AvgIpc) is 2.75. The Bertz CT molecular complexity index is 522. The van der Waals surface area contributed by atoms with Crippen LogP contribution in [0, 0.1) is 0 Å². The maximum atomic E-state index is 11.2. The molecule has 0 unspecified atom stereocenters. The zero-order valence-corrected chi connectivity index (χ0v) is 9.08. The van der Waals surface area contributed by atoms with E-state index in [0.29, 0.717) is 11.4 Å². The summed E-state index contributed by atoms with van der Waals surface area (Å²) >= 11 is 0. The highest BCUT2D eigenvalue weighted by atomic mass is 16.3. The number of aliphatic hydroxyl groups excluding tert-OH is 1. The molecule has 0 saturated heterocycles. The summed E-state index contributed by atoms with van der Waals surface area (Å²) in [5.41, 5.74) is 6.72. The lowest BCUT2D eigenvalue weighted by atomic mass is 10.2. The van der Waals surface area contributed by atoms with Gasteiger partial charge in [0.15, 0.2) is 0 Å². The standard InChI is InChI=1S/C11H12N4O2/c12-11(17)10-7-9(14-15(10)5-6-16)8-3-1-2-4-13-8/h1-4,7,16H,5-6H2,(H2,12,17). The van der Waals surface area contributed by atoms with Gasteiger partial charge in [-0.2, -0.15) is 5.10 Å². The molecule has 3 N–H and O–H groups in total. The number of carbonyl (C=O) groups excluding carboxylic acids is 1. The molecular formula is C11H12N4O2. The third-order valence-corrected chi connectivity index (χ3v) is 2.27. The van der Waals surface area contributed by atoms with Gasteiger partial charge in [0.1, 0.15) is 11.4 Å². The monoisotopic (exact) mass is 232 g/mol. The number of aliphatic hydroxyl groups is 1. The first-order valence-corrected chi connectivity index (χ1v) is 5.12. The van der Waals surface area contributed by atoms with Crippen molar-refractivity contribution in [1.29, 1.82) is 0 Å². The topological polar surface area (TPSA) is 94.0 Å². The minimum atomic E-state index is -0.576. The van der Waals surface area contributed by atoms with E-state index in [1.807, 2.05) is 6.07 Å². The van der Waals surface area contributed by atoms with E-state index in [1.165, 1.54) is 4.68 Å². The molecule has 88 valence electrons. The Morgan fingerprint density at radius 2 is 2.24 bits per heavy atom. The Labute approximate surface area is 97.7 Å². The zero-order valence-electron chi connectivity index (χ0n) is 9.08. The van der Waals surface area contributed by atoms with Crippen LogP contribution in [0.3, 0.4) is 0 Å². The van der Waals surface area contributed by atoms with E-state index in [2.05, 4.69) is 10.1 Å².